The monoisotopic (exact) mass is 502 g/mol. The first kappa shape index (κ1) is 26.0. The largest absolute Gasteiger partial charge is 0.466 e. The van der Waals surface area contributed by atoms with Crippen molar-refractivity contribution in [3.63, 3.8) is 0 Å². The van der Waals surface area contributed by atoms with Crippen molar-refractivity contribution in [2.45, 2.75) is 53.0 Å². The lowest BCUT2D eigenvalue weighted by molar-refractivity contribution is -0.148. The molecule has 1 aromatic heterocycles. The molecule has 3 heterocycles. The van der Waals surface area contributed by atoms with Gasteiger partial charge in [-0.25, -0.2) is 0 Å². The zero-order chi connectivity index (χ0) is 25.2. The molecule has 2 aliphatic heterocycles. The molecule has 0 bridgehead atoms. The van der Waals surface area contributed by atoms with Crippen molar-refractivity contribution in [1.82, 2.24) is 9.47 Å². The summed E-state index contributed by atoms with van der Waals surface area (Å²) in [7, 11) is 1.64. The van der Waals surface area contributed by atoms with Crippen LogP contribution in [0.3, 0.4) is 0 Å². The first-order valence-electron chi connectivity index (χ1n) is 11.5. The van der Waals surface area contributed by atoms with E-state index in [-0.39, 0.29) is 35.0 Å². The van der Waals surface area contributed by atoms with Crippen LogP contribution in [0.25, 0.3) is 6.08 Å². The third-order valence-corrected chi connectivity index (χ3v) is 7.84. The number of rotatable bonds is 6. The fourth-order valence-electron chi connectivity index (χ4n) is 4.35. The fourth-order valence-corrected chi connectivity index (χ4v) is 5.80. The number of amides is 1. The van der Waals surface area contributed by atoms with Gasteiger partial charge in [0.25, 0.3) is 11.5 Å². The number of nitrogens with zero attached hydrogens (tertiary/aromatic N) is 4. The minimum absolute atomic E-state index is 0.0179. The maximum atomic E-state index is 13.2. The Morgan fingerprint density at radius 1 is 1.32 bits per heavy atom. The maximum absolute atomic E-state index is 13.2. The summed E-state index contributed by atoms with van der Waals surface area (Å²) < 4.78 is 7.15. The van der Waals surface area contributed by atoms with Gasteiger partial charge in [0.05, 0.1) is 17.4 Å². The Balaban J connectivity index is 2.06. The molecule has 0 aromatic carbocycles. The number of thiocarbonyl (C=S) groups is 1. The molecular weight excluding hydrogens is 472 g/mol. The minimum atomic E-state index is -0.383. The third kappa shape index (κ3) is 4.77. The van der Waals surface area contributed by atoms with E-state index < -0.39 is 0 Å². The number of ether oxygens (including phenoxy) is 1. The Morgan fingerprint density at radius 2 is 1.97 bits per heavy atom. The molecule has 3 rings (SSSR count). The Bertz CT molecular complexity index is 1140. The van der Waals surface area contributed by atoms with Gasteiger partial charge >= 0.3 is 5.97 Å². The van der Waals surface area contributed by atoms with Gasteiger partial charge in [-0.05, 0) is 51.7 Å². The molecule has 1 unspecified atom stereocenters. The van der Waals surface area contributed by atoms with Gasteiger partial charge in [0.2, 0.25) is 0 Å². The number of piperidine rings is 1. The number of nitriles is 1. The first-order valence-corrected chi connectivity index (χ1v) is 12.7. The highest BCUT2D eigenvalue weighted by molar-refractivity contribution is 8.26. The number of carbonyl (C=O) groups excluding carboxylic acids is 2. The highest BCUT2D eigenvalue weighted by Crippen LogP contribution is 2.37. The average molecular weight is 503 g/mol. The molecule has 2 fully saturated rings. The molecule has 34 heavy (non-hydrogen) atoms. The van der Waals surface area contributed by atoms with Gasteiger partial charge < -0.3 is 9.64 Å². The number of esters is 1. The Labute approximate surface area is 209 Å². The van der Waals surface area contributed by atoms with Crippen LogP contribution in [0.15, 0.2) is 9.70 Å². The zero-order valence-electron chi connectivity index (χ0n) is 20.2. The van der Waals surface area contributed by atoms with E-state index in [0.717, 1.165) is 6.42 Å². The molecule has 0 saturated carbocycles. The normalized spacial score (nSPS) is 19.0. The molecule has 1 aromatic rings. The van der Waals surface area contributed by atoms with Crippen LogP contribution in [-0.4, -0.2) is 51.4 Å². The molecular formula is C24H30N4O4S2. The molecule has 182 valence electrons. The molecule has 0 spiro atoms. The number of carbonyl (C=O) groups is 2. The highest BCUT2D eigenvalue weighted by atomic mass is 32.2. The van der Waals surface area contributed by atoms with Crippen molar-refractivity contribution in [1.29, 1.82) is 5.26 Å². The SMILES string of the molecule is CCOC(=O)C1CCN(c2c(C=C3SC(=S)N(C(C)CC)C3=O)c(C)c(C#N)c(=O)n2C)CC1. The van der Waals surface area contributed by atoms with Crippen molar-refractivity contribution in [2.24, 2.45) is 13.0 Å². The van der Waals surface area contributed by atoms with Crippen LogP contribution in [0.4, 0.5) is 5.82 Å². The van der Waals surface area contributed by atoms with Crippen molar-refractivity contribution < 1.29 is 14.3 Å². The van der Waals surface area contributed by atoms with Gasteiger partial charge in [-0.2, -0.15) is 5.26 Å². The molecule has 2 saturated heterocycles. The van der Waals surface area contributed by atoms with E-state index in [4.69, 9.17) is 17.0 Å². The molecule has 1 amide bonds. The predicted octanol–water partition coefficient (Wildman–Crippen LogP) is 3.34. The van der Waals surface area contributed by atoms with Crippen LogP contribution in [0.5, 0.6) is 0 Å². The smallest absolute Gasteiger partial charge is 0.309 e. The van der Waals surface area contributed by atoms with Crippen molar-refractivity contribution >= 4 is 52.1 Å². The highest BCUT2D eigenvalue weighted by Gasteiger charge is 2.36. The second-order valence-corrected chi connectivity index (χ2v) is 10.2. The van der Waals surface area contributed by atoms with Gasteiger partial charge in [0.1, 0.15) is 21.8 Å². The van der Waals surface area contributed by atoms with E-state index in [1.165, 1.54) is 16.3 Å². The average Bonchev–Trinajstić information content (AvgIpc) is 3.10. The second kappa shape index (κ2) is 10.7. The number of pyridine rings is 1. The molecule has 0 radical (unpaired) electrons. The lowest BCUT2D eigenvalue weighted by atomic mass is 9.95. The van der Waals surface area contributed by atoms with Gasteiger partial charge in [0.15, 0.2) is 0 Å². The molecule has 0 N–H and O–H groups in total. The van der Waals surface area contributed by atoms with Crippen LogP contribution in [0.1, 0.15) is 56.7 Å². The summed E-state index contributed by atoms with van der Waals surface area (Å²) in [6, 6.07) is 2.00. The van der Waals surface area contributed by atoms with Crippen LogP contribution in [0.2, 0.25) is 0 Å². The summed E-state index contributed by atoms with van der Waals surface area (Å²) in [6.45, 7) is 8.93. The Morgan fingerprint density at radius 3 is 2.53 bits per heavy atom. The summed E-state index contributed by atoms with van der Waals surface area (Å²) in [5.74, 6) is 0.102. The summed E-state index contributed by atoms with van der Waals surface area (Å²) in [4.78, 5) is 42.4. The number of anilines is 1. The van der Waals surface area contributed by atoms with Crippen LogP contribution in [0, 0.1) is 24.2 Å². The molecule has 0 aliphatic carbocycles. The van der Waals surface area contributed by atoms with Crippen LogP contribution < -0.4 is 10.5 Å². The van der Waals surface area contributed by atoms with Crippen LogP contribution in [-0.2, 0) is 21.4 Å². The summed E-state index contributed by atoms with van der Waals surface area (Å²) >= 11 is 6.70. The van der Waals surface area contributed by atoms with E-state index in [9.17, 15) is 19.6 Å². The predicted molar refractivity (Wildman–Crippen MR) is 137 cm³/mol. The Kier molecular flexibility index (Phi) is 8.21. The number of hydrogen-bond acceptors (Lipinski definition) is 8. The second-order valence-electron chi connectivity index (χ2n) is 8.54. The zero-order valence-corrected chi connectivity index (χ0v) is 21.8. The lowest BCUT2D eigenvalue weighted by Crippen LogP contribution is -2.40. The van der Waals surface area contributed by atoms with Gasteiger partial charge in [0, 0.05) is 31.7 Å². The molecule has 10 heteroatoms. The standard InChI is InChI=1S/C24H30N4O4S2/c1-6-14(3)28-22(30)19(34-24(28)33)12-17-15(4)18(13-25)21(29)26(5)20(17)27-10-8-16(9-11-27)23(31)32-7-2/h12,14,16H,6-11H2,1-5H3. The van der Waals surface area contributed by atoms with E-state index in [1.54, 1.807) is 31.9 Å². The van der Waals surface area contributed by atoms with Gasteiger partial charge in [-0.1, -0.05) is 30.9 Å². The van der Waals surface area contributed by atoms with Crippen molar-refractivity contribution in [3.05, 3.63) is 31.9 Å². The van der Waals surface area contributed by atoms with Crippen molar-refractivity contribution in [3.8, 4) is 6.07 Å². The van der Waals surface area contributed by atoms with E-state index in [1.807, 2.05) is 24.8 Å². The van der Waals surface area contributed by atoms with E-state index in [0.29, 0.717) is 58.7 Å². The quantitative estimate of drug-likeness (QED) is 0.332. The Hall–Kier alpha value is -2.64. The van der Waals surface area contributed by atoms with E-state index >= 15 is 0 Å². The lowest BCUT2D eigenvalue weighted by Gasteiger charge is -2.35. The maximum Gasteiger partial charge on any atom is 0.309 e. The van der Waals surface area contributed by atoms with Crippen LogP contribution >= 0.6 is 24.0 Å². The minimum Gasteiger partial charge on any atom is -0.466 e. The summed E-state index contributed by atoms with van der Waals surface area (Å²) in [5, 5.41) is 9.65. The summed E-state index contributed by atoms with van der Waals surface area (Å²) in [6.07, 6.45) is 3.73. The molecule has 2 aliphatic rings. The number of hydrogen-bond donors (Lipinski definition) is 0. The third-order valence-electron chi connectivity index (χ3n) is 6.51. The first-order chi connectivity index (χ1) is 16.2. The van der Waals surface area contributed by atoms with Crippen molar-refractivity contribution in [2.75, 3.05) is 24.6 Å². The number of aromatic nitrogens is 1. The topological polar surface area (TPSA) is 95.6 Å². The summed E-state index contributed by atoms with van der Waals surface area (Å²) in [5.41, 5.74) is 0.850. The fraction of sp³-hybridized carbons (Fsp3) is 0.542. The van der Waals surface area contributed by atoms with Gasteiger partial charge in [-0.3, -0.25) is 23.9 Å². The van der Waals surface area contributed by atoms with Gasteiger partial charge in [-0.15, -0.1) is 0 Å². The molecule has 8 nitrogen and oxygen atoms in total. The van der Waals surface area contributed by atoms with E-state index in [2.05, 4.69) is 0 Å². The number of thioether (sulfide) groups is 1. The molecule has 1 atom stereocenters.